The number of hydrogen-bond donors (Lipinski definition) is 2. The van der Waals surface area contributed by atoms with E-state index in [1.807, 2.05) is 47.4 Å². The predicted octanol–water partition coefficient (Wildman–Crippen LogP) is 4.39. The van der Waals surface area contributed by atoms with E-state index in [1.54, 1.807) is 13.2 Å². The van der Waals surface area contributed by atoms with Gasteiger partial charge in [-0.1, -0.05) is 23.7 Å². The van der Waals surface area contributed by atoms with Crippen molar-refractivity contribution in [2.45, 2.75) is 25.8 Å². The Morgan fingerprint density at radius 3 is 2.74 bits per heavy atom. The maximum Gasteiger partial charge on any atom is 0.270 e. The first-order chi connectivity index (χ1) is 15.0. The number of aromatic nitrogens is 1. The molecule has 1 fully saturated rings. The molecule has 2 amide bonds. The van der Waals surface area contributed by atoms with Crippen LogP contribution in [-0.4, -0.2) is 41.9 Å². The first-order valence-corrected chi connectivity index (χ1v) is 10.9. The minimum Gasteiger partial charge on any atom is -0.497 e. The second-order valence-corrected chi connectivity index (χ2v) is 8.42. The molecular formula is C24H26ClN3O3. The molecule has 1 aromatic heterocycles. The SMILES string of the molecule is COc1cccc(CNC(=O)CC2CCN(C(=O)c3cc4cc(Cl)ccc4[nH]3)CC2)c1. The standard InChI is InChI=1S/C24H26ClN3O3/c1-31-20-4-2-3-17(11-20)15-26-23(29)12-16-7-9-28(10-8-16)24(30)22-14-18-13-19(25)5-6-21(18)27-22/h2-6,11,13-14,16,27H,7-10,12,15H2,1H3,(H,26,29). The van der Waals surface area contributed by atoms with E-state index in [0.717, 1.165) is 35.1 Å². The number of aromatic amines is 1. The number of methoxy groups -OCH3 is 1. The van der Waals surface area contributed by atoms with Crippen LogP contribution in [0.15, 0.2) is 48.5 Å². The number of ether oxygens (including phenoxy) is 1. The van der Waals surface area contributed by atoms with Crippen LogP contribution in [-0.2, 0) is 11.3 Å². The van der Waals surface area contributed by atoms with Crippen molar-refractivity contribution in [2.75, 3.05) is 20.2 Å². The summed E-state index contributed by atoms with van der Waals surface area (Å²) in [7, 11) is 1.63. The Kier molecular flexibility index (Phi) is 6.47. The fraction of sp³-hybridized carbons (Fsp3) is 0.333. The lowest BCUT2D eigenvalue weighted by Gasteiger charge is -2.31. The molecule has 0 bridgehead atoms. The molecule has 2 aromatic carbocycles. The summed E-state index contributed by atoms with van der Waals surface area (Å²) in [5.74, 6) is 1.10. The first-order valence-electron chi connectivity index (χ1n) is 10.5. The van der Waals surface area contributed by atoms with Crippen LogP contribution in [0.4, 0.5) is 0 Å². The third kappa shape index (κ3) is 5.20. The van der Waals surface area contributed by atoms with E-state index in [4.69, 9.17) is 16.3 Å². The van der Waals surface area contributed by atoms with Crippen LogP contribution in [0.2, 0.25) is 5.02 Å². The lowest BCUT2D eigenvalue weighted by molar-refractivity contribution is -0.122. The maximum absolute atomic E-state index is 12.9. The van der Waals surface area contributed by atoms with Crippen molar-refractivity contribution in [1.82, 2.24) is 15.2 Å². The fourth-order valence-corrected chi connectivity index (χ4v) is 4.23. The number of carbonyl (C=O) groups is 2. The van der Waals surface area contributed by atoms with Crippen molar-refractivity contribution in [3.8, 4) is 5.75 Å². The summed E-state index contributed by atoms with van der Waals surface area (Å²) in [6, 6.07) is 15.1. The van der Waals surface area contributed by atoms with Crippen LogP contribution in [0.25, 0.3) is 10.9 Å². The van der Waals surface area contributed by atoms with Gasteiger partial charge in [-0.2, -0.15) is 0 Å². The zero-order chi connectivity index (χ0) is 21.8. The molecule has 0 saturated carbocycles. The number of rotatable bonds is 6. The Bertz CT molecular complexity index is 1090. The Morgan fingerprint density at radius 1 is 1.16 bits per heavy atom. The van der Waals surface area contributed by atoms with Gasteiger partial charge >= 0.3 is 0 Å². The van der Waals surface area contributed by atoms with Gasteiger partial charge in [0.2, 0.25) is 5.91 Å². The molecule has 1 aliphatic rings. The zero-order valence-electron chi connectivity index (χ0n) is 17.5. The number of halogens is 1. The van der Waals surface area contributed by atoms with E-state index in [1.165, 1.54) is 0 Å². The monoisotopic (exact) mass is 439 g/mol. The van der Waals surface area contributed by atoms with E-state index in [2.05, 4.69) is 10.3 Å². The van der Waals surface area contributed by atoms with Crippen molar-refractivity contribution in [3.05, 3.63) is 64.8 Å². The number of amides is 2. The molecule has 6 nitrogen and oxygen atoms in total. The predicted molar refractivity (Wildman–Crippen MR) is 121 cm³/mol. The summed E-state index contributed by atoms with van der Waals surface area (Å²) in [5.41, 5.74) is 2.48. The van der Waals surface area contributed by atoms with E-state index in [0.29, 0.717) is 36.8 Å². The molecule has 2 heterocycles. The molecule has 7 heteroatoms. The summed E-state index contributed by atoms with van der Waals surface area (Å²) in [5, 5.41) is 4.56. The number of hydrogen-bond acceptors (Lipinski definition) is 3. The number of benzene rings is 2. The molecule has 4 rings (SSSR count). The molecule has 1 aliphatic heterocycles. The van der Waals surface area contributed by atoms with E-state index < -0.39 is 0 Å². The number of nitrogens with zero attached hydrogens (tertiary/aromatic N) is 1. The van der Waals surface area contributed by atoms with Crippen LogP contribution in [0, 0.1) is 5.92 Å². The van der Waals surface area contributed by atoms with Crippen molar-refractivity contribution in [1.29, 1.82) is 0 Å². The van der Waals surface area contributed by atoms with Gasteiger partial charge < -0.3 is 19.9 Å². The number of piperidine rings is 1. The molecule has 0 radical (unpaired) electrons. The van der Waals surface area contributed by atoms with Crippen molar-refractivity contribution >= 4 is 34.3 Å². The molecule has 0 unspecified atom stereocenters. The van der Waals surface area contributed by atoms with Gasteiger partial charge in [-0.25, -0.2) is 0 Å². The highest BCUT2D eigenvalue weighted by atomic mass is 35.5. The minimum atomic E-state index is -0.00625. The van der Waals surface area contributed by atoms with Gasteiger partial charge in [0.25, 0.3) is 5.91 Å². The summed E-state index contributed by atoms with van der Waals surface area (Å²) >= 11 is 6.04. The Morgan fingerprint density at radius 2 is 1.97 bits per heavy atom. The number of H-pyrrole nitrogens is 1. The second kappa shape index (κ2) is 9.43. The van der Waals surface area contributed by atoms with E-state index >= 15 is 0 Å². The number of nitrogens with one attached hydrogen (secondary N) is 2. The number of likely N-dealkylation sites (tertiary alicyclic amines) is 1. The van der Waals surface area contributed by atoms with Crippen LogP contribution < -0.4 is 10.1 Å². The Balaban J connectivity index is 1.25. The third-order valence-electron chi connectivity index (χ3n) is 5.81. The molecule has 0 atom stereocenters. The van der Waals surface area contributed by atoms with Gasteiger partial charge in [0.05, 0.1) is 7.11 Å². The van der Waals surface area contributed by atoms with Gasteiger partial charge in [-0.05, 0) is 60.7 Å². The Hall–Kier alpha value is -2.99. The summed E-state index contributed by atoms with van der Waals surface area (Å²) in [4.78, 5) is 30.3. The van der Waals surface area contributed by atoms with Crippen LogP contribution in [0.3, 0.4) is 0 Å². The first kappa shape index (κ1) is 21.2. The van der Waals surface area contributed by atoms with Crippen molar-refractivity contribution < 1.29 is 14.3 Å². The summed E-state index contributed by atoms with van der Waals surface area (Å²) < 4.78 is 5.21. The number of carbonyl (C=O) groups excluding carboxylic acids is 2. The largest absolute Gasteiger partial charge is 0.497 e. The third-order valence-corrected chi connectivity index (χ3v) is 6.05. The maximum atomic E-state index is 12.9. The average molecular weight is 440 g/mol. The molecule has 162 valence electrons. The highest BCUT2D eigenvalue weighted by Crippen LogP contribution is 2.24. The molecule has 0 spiro atoms. The molecule has 3 aromatic rings. The Labute approximate surface area is 186 Å². The van der Waals surface area contributed by atoms with Crippen LogP contribution in [0.1, 0.15) is 35.3 Å². The highest BCUT2D eigenvalue weighted by molar-refractivity contribution is 6.31. The second-order valence-electron chi connectivity index (χ2n) is 7.98. The lowest BCUT2D eigenvalue weighted by atomic mass is 9.93. The van der Waals surface area contributed by atoms with E-state index in [-0.39, 0.29) is 17.7 Å². The number of fused-ring (bicyclic) bond motifs is 1. The fourth-order valence-electron chi connectivity index (χ4n) is 4.05. The summed E-state index contributed by atoms with van der Waals surface area (Å²) in [6.07, 6.45) is 2.13. The zero-order valence-corrected chi connectivity index (χ0v) is 18.2. The van der Waals surface area contributed by atoms with Gasteiger partial charge in [0.1, 0.15) is 11.4 Å². The smallest absolute Gasteiger partial charge is 0.270 e. The van der Waals surface area contributed by atoms with Gasteiger partial charge in [0.15, 0.2) is 0 Å². The van der Waals surface area contributed by atoms with Crippen molar-refractivity contribution in [3.63, 3.8) is 0 Å². The summed E-state index contributed by atoms with van der Waals surface area (Å²) in [6.45, 7) is 1.79. The normalized spacial score (nSPS) is 14.6. The lowest BCUT2D eigenvalue weighted by Crippen LogP contribution is -2.39. The van der Waals surface area contributed by atoms with Gasteiger partial charge in [0, 0.05) is 42.0 Å². The highest BCUT2D eigenvalue weighted by Gasteiger charge is 2.26. The van der Waals surface area contributed by atoms with E-state index in [9.17, 15) is 9.59 Å². The van der Waals surface area contributed by atoms with Gasteiger partial charge in [-0.3, -0.25) is 9.59 Å². The molecular weight excluding hydrogens is 414 g/mol. The molecule has 0 aliphatic carbocycles. The minimum absolute atomic E-state index is 0.00625. The molecule has 31 heavy (non-hydrogen) atoms. The quantitative estimate of drug-likeness (QED) is 0.598. The molecule has 2 N–H and O–H groups in total. The molecule has 1 saturated heterocycles. The topological polar surface area (TPSA) is 74.4 Å². The average Bonchev–Trinajstić information content (AvgIpc) is 3.21. The van der Waals surface area contributed by atoms with Crippen LogP contribution in [0.5, 0.6) is 5.75 Å². The van der Waals surface area contributed by atoms with Gasteiger partial charge in [-0.15, -0.1) is 0 Å². The van der Waals surface area contributed by atoms with Crippen LogP contribution >= 0.6 is 11.6 Å². The van der Waals surface area contributed by atoms with Crippen molar-refractivity contribution in [2.24, 2.45) is 5.92 Å².